The molecule has 0 amide bonds. The summed E-state index contributed by atoms with van der Waals surface area (Å²) in [5, 5.41) is 3.79. The molecular formula is C18H34N2O. The van der Waals surface area contributed by atoms with E-state index in [0.29, 0.717) is 5.41 Å². The van der Waals surface area contributed by atoms with E-state index in [1.54, 1.807) is 0 Å². The van der Waals surface area contributed by atoms with Crippen molar-refractivity contribution in [2.75, 3.05) is 39.4 Å². The molecule has 2 heterocycles. The van der Waals surface area contributed by atoms with Gasteiger partial charge in [-0.25, -0.2) is 0 Å². The molecule has 0 aromatic rings. The van der Waals surface area contributed by atoms with Crippen LogP contribution in [0.1, 0.15) is 58.3 Å². The number of hydrogen-bond acceptors (Lipinski definition) is 3. The van der Waals surface area contributed by atoms with Gasteiger partial charge in [0.2, 0.25) is 0 Å². The fourth-order valence-corrected chi connectivity index (χ4v) is 4.14. The molecule has 0 aromatic carbocycles. The standard InChI is InChI=1S/C18H34N2O/c1-2-16-5-3-10-20(11-8-16)14-18(9-4-12-21-15-18)13-19-17-6-7-17/h16-17,19H,2-15H2,1H3. The van der Waals surface area contributed by atoms with Crippen molar-refractivity contribution >= 4 is 0 Å². The smallest absolute Gasteiger partial charge is 0.0546 e. The topological polar surface area (TPSA) is 24.5 Å². The first kappa shape index (κ1) is 15.8. The molecule has 3 rings (SSSR count). The fourth-order valence-electron chi connectivity index (χ4n) is 4.14. The highest BCUT2D eigenvalue weighted by molar-refractivity contribution is 4.91. The molecule has 3 heteroatoms. The van der Waals surface area contributed by atoms with Gasteiger partial charge in [0.15, 0.2) is 0 Å². The summed E-state index contributed by atoms with van der Waals surface area (Å²) in [7, 11) is 0. The molecular weight excluding hydrogens is 260 g/mol. The van der Waals surface area contributed by atoms with Gasteiger partial charge in [0.1, 0.15) is 0 Å². The van der Waals surface area contributed by atoms with Gasteiger partial charge in [-0.1, -0.05) is 13.3 Å². The third-order valence-electron chi connectivity index (χ3n) is 5.82. The lowest BCUT2D eigenvalue weighted by Gasteiger charge is -2.41. The molecule has 3 fully saturated rings. The van der Waals surface area contributed by atoms with Gasteiger partial charge < -0.3 is 15.0 Å². The summed E-state index contributed by atoms with van der Waals surface area (Å²) in [6, 6.07) is 0.817. The van der Waals surface area contributed by atoms with Crippen LogP contribution in [0.25, 0.3) is 0 Å². The molecule has 2 aliphatic heterocycles. The first-order chi connectivity index (χ1) is 10.3. The predicted molar refractivity (Wildman–Crippen MR) is 87.6 cm³/mol. The summed E-state index contributed by atoms with van der Waals surface area (Å²) < 4.78 is 5.89. The van der Waals surface area contributed by atoms with Crippen LogP contribution < -0.4 is 5.32 Å². The molecule has 2 unspecified atom stereocenters. The Bertz CT molecular complexity index is 310. The Balaban J connectivity index is 1.54. The number of rotatable bonds is 6. The van der Waals surface area contributed by atoms with Gasteiger partial charge >= 0.3 is 0 Å². The lowest BCUT2D eigenvalue weighted by Crippen LogP contribution is -2.49. The van der Waals surface area contributed by atoms with Crippen LogP contribution in [0.3, 0.4) is 0 Å². The van der Waals surface area contributed by atoms with Gasteiger partial charge in [-0.3, -0.25) is 0 Å². The van der Waals surface area contributed by atoms with Gasteiger partial charge in [0.05, 0.1) is 6.61 Å². The van der Waals surface area contributed by atoms with Crippen molar-refractivity contribution in [1.29, 1.82) is 0 Å². The third-order valence-corrected chi connectivity index (χ3v) is 5.82. The van der Waals surface area contributed by atoms with Crippen LogP contribution in [0, 0.1) is 11.3 Å². The first-order valence-electron chi connectivity index (χ1n) is 9.33. The Morgan fingerprint density at radius 2 is 2.05 bits per heavy atom. The van der Waals surface area contributed by atoms with E-state index >= 15 is 0 Å². The highest BCUT2D eigenvalue weighted by Gasteiger charge is 2.36. The second-order valence-electron chi connectivity index (χ2n) is 7.79. The summed E-state index contributed by atoms with van der Waals surface area (Å²) in [6.07, 6.45) is 11.0. The van der Waals surface area contributed by atoms with Crippen LogP contribution in [-0.4, -0.2) is 50.3 Å². The Labute approximate surface area is 130 Å². The van der Waals surface area contributed by atoms with E-state index < -0.39 is 0 Å². The van der Waals surface area contributed by atoms with Crippen molar-refractivity contribution < 1.29 is 4.74 Å². The maximum atomic E-state index is 5.89. The molecule has 0 aromatic heterocycles. The Kier molecular flexibility index (Phi) is 5.58. The van der Waals surface area contributed by atoms with E-state index in [0.717, 1.165) is 25.2 Å². The monoisotopic (exact) mass is 294 g/mol. The Morgan fingerprint density at radius 3 is 2.76 bits per heavy atom. The SMILES string of the molecule is CCC1CCCN(CC2(CNC3CC3)CCCOC2)CC1. The number of nitrogens with zero attached hydrogens (tertiary/aromatic N) is 1. The van der Waals surface area contributed by atoms with E-state index in [9.17, 15) is 0 Å². The minimum atomic E-state index is 0.382. The number of nitrogens with one attached hydrogen (secondary N) is 1. The van der Waals surface area contributed by atoms with E-state index in [2.05, 4.69) is 17.1 Å². The molecule has 2 saturated heterocycles. The van der Waals surface area contributed by atoms with Crippen molar-refractivity contribution in [1.82, 2.24) is 10.2 Å². The van der Waals surface area contributed by atoms with Gasteiger partial charge in [-0.2, -0.15) is 0 Å². The highest BCUT2D eigenvalue weighted by Crippen LogP contribution is 2.32. The molecule has 1 aliphatic carbocycles. The zero-order valence-corrected chi connectivity index (χ0v) is 13.9. The quantitative estimate of drug-likeness (QED) is 0.815. The van der Waals surface area contributed by atoms with E-state index in [1.165, 1.54) is 77.5 Å². The maximum Gasteiger partial charge on any atom is 0.0546 e. The fraction of sp³-hybridized carbons (Fsp3) is 1.00. The first-order valence-corrected chi connectivity index (χ1v) is 9.33. The zero-order chi connectivity index (χ0) is 14.5. The van der Waals surface area contributed by atoms with Crippen LogP contribution in [0.2, 0.25) is 0 Å². The van der Waals surface area contributed by atoms with Gasteiger partial charge in [0, 0.05) is 31.2 Å². The van der Waals surface area contributed by atoms with Crippen LogP contribution in [-0.2, 0) is 4.74 Å². The van der Waals surface area contributed by atoms with E-state index in [-0.39, 0.29) is 0 Å². The summed E-state index contributed by atoms with van der Waals surface area (Å²) in [5.74, 6) is 0.971. The third kappa shape index (κ3) is 4.67. The lowest BCUT2D eigenvalue weighted by atomic mass is 9.81. The average Bonchev–Trinajstić information content (AvgIpc) is 3.34. The van der Waals surface area contributed by atoms with Crippen LogP contribution >= 0.6 is 0 Å². The second-order valence-corrected chi connectivity index (χ2v) is 7.79. The number of ether oxygens (including phenoxy) is 1. The van der Waals surface area contributed by atoms with Crippen molar-refractivity contribution in [3.63, 3.8) is 0 Å². The molecule has 21 heavy (non-hydrogen) atoms. The van der Waals surface area contributed by atoms with Crippen molar-refractivity contribution in [2.24, 2.45) is 11.3 Å². The molecule has 3 nitrogen and oxygen atoms in total. The maximum absolute atomic E-state index is 5.89. The predicted octanol–water partition coefficient (Wildman–Crippen LogP) is 3.05. The molecule has 0 radical (unpaired) electrons. The Hall–Kier alpha value is -0.120. The molecule has 122 valence electrons. The normalized spacial score (nSPS) is 35.6. The molecule has 3 aliphatic rings. The zero-order valence-electron chi connectivity index (χ0n) is 13.9. The number of hydrogen-bond donors (Lipinski definition) is 1. The molecule has 1 saturated carbocycles. The minimum absolute atomic E-state index is 0.382. The Morgan fingerprint density at radius 1 is 1.14 bits per heavy atom. The average molecular weight is 294 g/mol. The van der Waals surface area contributed by atoms with Crippen molar-refractivity contribution in [3.05, 3.63) is 0 Å². The van der Waals surface area contributed by atoms with Crippen molar-refractivity contribution in [2.45, 2.75) is 64.3 Å². The summed E-state index contributed by atoms with van der Waals surface area (Å²) in [4.78, 5) is 2.75. The highest BCUT2D eigenvalue weighted by atomic mass is 16.5. The summed E-state index contributed by atoms with van der Waals surface area (Å²) in [5.41, 5.74) is 0.382. The summed E-state index contributed by atoms with van der Waals surface area (Å²) in [6.45, 7) is 9.35. The number of likely N-dealkylation sites (tertiary alicyclic amines) is 1. The van der Waals surface area contributed by atoms with E-state index in [1.807, 2.05) is 0 Å². The van der Waals surface area contributed by atoms with Crippen LogP contribution in [0.4, 0.5) is 0 Å². The van der Waals surface area contributed by atoms with Gasteiger partial charge in [0.25, 0.3) is 0 Å². The van der Waals surface area contributed by atoms with Crippen LogP contribution in [0.5, 0.6) is 0 Å². The minimum Gasteiger partial charge on any atom is -0.381 e. The molecule has 0 spiro atoms. The van der Waals surface area contributed by atoms with Gasteiger partial charge in [-0.15, -0.1) is 0 Å². The lowest BCUT2D eigenvalue weighted by molar-refractivity contribution is -0.0261. The van der Waals surface area contributed by atoms with E-state index in [4.69, 9.17) is 4.74 Å². The molecule has 1 N–H and O–H groups in total. The molecule has 2 atom stereocenters. The van der Waals surface area contributed by atoms with Crippen molar-refractivity contribution in [3.8, 4) is 0 Å². The second kappa shape index (κ2) is 7.43. The van der Waals surface area contributed by atoms with Crippen LogP contribution in [0.15, 0.2) is 0 Å². The summed E-state index contributed by atoms with van der Waals surface area (Å²) >= 11 is 0. The molecule has 0 bridgehead atoms. The largest absolute Gasteiger partial charge is 0.381 e. The van der Waals surface area contributed by atoms with Gasteiger partial charge in [-0.05, 0) is 64.0 Å².